The first-order valence-electron chi connectivity index (χ1n) is 2.01. The predicted octanol–water partition coefficient (Wildman–Crippen LogP) is 0.232. The number of hydrogen-bond donors (Lipinski definition) is 1. The van der Waals surface area contributed by atoms with Crippen molar-refractivity contribution in [2.75, 3.05) is 5.75 Å². The topological polar surface area (TPSA) is 54.4 Å². The normalized spacial score (nSPS) is 15.9. The summed E-state index contributed by atoms with van der Waals surface area (Å²) in [5.41, 5.74) is 0. The van der Waals surface area contributed by atoms with Crippen LogP contribution in [0.2, 0.25) is 0 Å². The average molecular weight is 142 g/mol. The molecule has 0 fully saturated rings. The van der Waals surface area contributed by atoms with E-state index >= 15 is 0 Å². The Morgan fingerprint density at radius 1 is 1.75 bits per heavy atom. The summed E-state index contributed by atoms with van der Waals surface area (Å²) in [4.78, 5) is 0. The lowest BCUT2D eigenvalue weighted by Gasteiger charge is -1.94. The highest BCUT2D eigenvalue weighted by atomic mass is 32.2. The minimum atomic E-state index is -4.10. The van der Waals surface area contributed by atoms with Gasteiger partial charge >= 0.3 is 0 Å². The molecule has 0 aromatic rings. The zero-order valence-electron chi connectivity index (χ0n) is 4.33. The summed E-state index contributed by atoms with van der Waals surface area (Å²) in [6.45, 7) is 1.06. The molecule has 8 heavy (non-hydrogen) atoms. The van der Waals surface area contributed by atoms with E-state index in [2.05, 4.69) is 0 Å². The van der Waals surface area contributed by atoms with Crippen LogP contribution in [0.15, 0.2) is 0 Å². The van der Waals surface area contributed by atoms with Gasteiger partial charge in [-0.2, -0.15) is 8.42 Å². The lowest BCUT2D eigenvalue weighted by atomic mass is 10.5. The second kappa shape index (κ2) is 2.41. The first kappa shape index (κ1) is 7.84. The van der Waals surface area contributed by atoms with Crippen molar-refractivity contribution >= 4 is 10.1 Å². The van der Waals surface area contributed by atoms with Crippen molar-refractivity contribution < 1.29 is 17.4 Å². The van der Waals surface area contributed by atoms with Crippen LogP contribution in [0, 0.1) is 0 Å². The van der Waals surface area contributed by atoms with E-state index in [4.69, 9.17) is 4.55 Å². The van der Waals surface area contributed by atoms with Gasteiger partial charge in [0.05, 0.1) is 0 Å². The van der Waals surface area contributed by atoms with Gasteiger partial charge in [0.25, 0.3) is 10.1 Å². The zero-order valence-corrected chi connectivity index (χ0v) is 5.15. The Morgan fingerprint density at radius 2 is 2.12 bits per heavy atom. The van der Waals surface area contributed by atoms with E-state index < -0.39 is 22.0 Å². The van der Waals surface area contributed by atoms with Gasteiger partial charge in [-0.1, -0.05) is 0 Å². The van der Waals surface area contributed by atoms with Gasteiger partial charge in [0.15, 0.2) is 0 Å². The molecule has 0 aromatic heterocycles. The molecule has 0 rings (SSSR count). The van der Waals surface area contributed by atoms with Crippen LogP contribution in [-0.4, -0.2) is 24.9 Å². The summed E-state index contributed by atoms with van der Waals surface area (Å²) < 4.78 is 39.1. The van der Waals surface area contributed by atoms with Crippen molar-refractivity contribution in [3.8, 4) is 0 Å². The molecule has 0 spiro atoms. The maximum absolute atomic E-state index is 11.7. The van der Waals surface area contributed by atoms with Crippen LogP contribution in [0.5, 0.6) is 0 Å². The lowest BCUT2D eigenvalue weighted by molar-refractivity contribution is 0.378. The van der Waals surface area contributed by atoms with Gasteiger partial charge in [-0.3, -0.25) is 4.55 Å². The summed E-state index contributed by atoms with van der Waals surface area (Å²) in [5.74, 6) is -0.812. The number of halogens is 1. The summed E-state index contributed by atoms with van der Waals surface area (Å²) >= 11 is 0. The van der Waals surface area contributed by atoms with E-state index in [9.17, 15) is 12.8 Å². The fourth-order valence-electron chi connectivity index (χ4n) is 0.290. The van der Waals surface area contributed by atoms with Crippen molar-refractivity contribution in [1.29, 1.82) is 0 Å². The molecule has 0 aliphatic carbocycles. The largest absolute Gasteiger partial charge is 0.285 e. The van der Waals surface area contributed by atoms with Gasteiger partial charge in [-0.15, -0.1) is 0 Å². The van der Waals surface area contributed by atoms with Crippen molar-refractivity contribution in [3.63, 3.8) is 0 Å². The van der Waals surface area contributed by atoms with E-state index in [-0.39, 0.29) is 0 Å². The quantitative estimate of drug-likeness (QED) is 0.561. The fraction of sp³-hybridized carbons (Fsp3) is 1.00. The minimum Gasteiger partial charge on any atom is -0.285 e. The van der Waals surface area contributed by atoms with Crippen LogP contribution in [0.25, 0.3) is 0 Å². The Labute approximate surface area is 47.3 Å². The Morgan fingerprint density at radius 3 is 2.12 bits per heavy atom. The molecule has 3 nitrogen and oxygen atoms in total. The van der Waals surface area contributed by atoms with Crippen LogP contribution < -0.4 is 0 Å². The Bertz CT molecular complexity index is 148. The third kappa shape index (κ3) is 5.84. The zero-order chi connectivity index (χ0) is 6.78. The van der Waals surface area contributed by atoms with Crippen LogP contribution in [-0.2, 0) is 10.1 Å². The van der Waals surface area contributed by atoms with Crippen molar-refractivity contribution in [2.24, 2.45) is 0 Å². The van der Waals surface area contributed by atoms with Crippen LogP contribution in [0.3, 0.4) is 0 Å². The lowest BCUT2D eigenvalue weighted by Crippen LogP contribution is -2.12. The SMILES string of the molecule is CC(F)CS(=O)(=O)O. The molecule has 1 unspecified atom stereocenters. The maximum atomic E-state index is 11.7. The number of alkyl halides is 1. The molecule has 5 heteroatoms. The maximum Gasteiger partial charge on any atom is 0.267 e. The molecule has 1 N–H and O–H groups in total. The second-order valence-corrected chi connectivity index (χ2v) is 3.03. The van der Waals surface area contributed by atoms with E-state index in [0.717, 1.165) is 6.92 Å². The molecule has 0 radical (unpaired) electrons. The molecular formula is C3H7FO3S. The van der Waals surface area contributed by atoms with E-state index in [1.165, 1.54) is 0 Å². The van der Waals surface area contributed by atoms with Crippen molar-refractivity contribution in [3.05, 3.63) is 0 Å². The van der Waals surface area contributed by atoms with E-state index in [0.29, 0.717) is 0 Å². The highest BCUT2D eigenvalue weighted by Crippen LogP contribution is 1.92. The third-order valence-electron chi connectivity index (χ3n) is 0.440. The molecule has 0 aromatic carbocycles. The summed E-state index contributed by atoms with van der Waals surface area (Å²) in [5, 5.41) is 0. The molecule has 50 valence electrons. The molecule has 0 saturated heterocycles. The Kier molecular flexibility index (Phi) is 2.36. The van der Waals surface area contributed by atoms with Crippen LogP contribution in [0.4, 0.5) is 4.39 Å². The average Bonchev–Trinajstić information content (AvgIpc) is 1.21. The first-order chi connectivity index (χ1) is 3.42. The highest BCUT2D eigenvalue weighted by molar-refractivity contribution is 7.85. The number of hydrogen-bond acceptors (Lipinski definition) is 2. The molecule has 0 saturated carbocycles. The summed E-state index contributed by atoms with van der Waals surface area (Å²) in [7, 11) is -4.10. The smallest absolute Gasteiger partial charge is 0.267 e. The van der Waals surface area contributed by atoms with E-state index in [1.807, 2.05) is 0 Å². The highest BCUT2D eigenvalue weighted by Gasteiger charge is 2.09. The van der Waals surface area contributed by atoms with Gasteiger partial charge in [-0.05, 0) is 6.92 Å². The molecule has 0 bridgehead atoms. The van der Waals surface area contributed by atoms with Gasteiger partial charge in [-0.25, -0.2) is 4.39 Å². The molecule has 0 aliphatic heterocycles. The minimum absolute atomic E-state index is 0.812. The van der Waals surface area contributed by atoms with Crippen molar-refractivity contribution in [2.45, 2.75) is 13.1 Å². The third-order valence-corrected chi connectivity index (χ3v) is 1.32. The second-order valence-electron chi connectivity index (χ2n) is 1.53. The molecule has 0 amide bonds. The fourth-order valence-corrected chi connectivity index (χ4v) is 0.871. The molecule has 1 atom stereocenters. The van der Waals surface area contributed by atoms with Crippen molar-refractivity contribution in [1.82, 2.24) is 0 Å². The van der Waals surface area contributed by atoms with Gasteiger partial charge < -0.3 is 0 Å². The molecular weight excluding hydrogens is 135 g/mol. The Hall–Kier alpha value is -0.160. The Balaban J connectivity index is 3.75. The number of rotatable bonds is 2. The first-order valence-corrected chi connectivity index (χ1v) is 3.62. The standard InChI is InChI=1S/C3H7FO3S/c1-3(4)2-8(5,6)7/h3H,2H2,1H3,(H,5,6,7). The van der Waals surface area contributed by atoms with Gasteiger partial charge in [0.2, 0.25) is 0 Å². The predicted molar refractivity (Wildman–Crippen MR) is 27.0 cm³/mol. The summed E-state index contributed by atoms with van der Waals surface area (Å²) in [6, 6.07) is 0. The van der Waals surface area contributed by atoms with Gasteiger partial charge in [0.1, 0.15) is 11.9 Å². The van der Waals surface area contributed by atoms with Crippen LogP contribution >= 0.6 is 0 Å². The monoisotopic (exact) mass is 142 g/mol. The van der Waals surface area contributed by atoms with E-state index in [1.54, 1.807) is 0 Å². The van der Waals surface area contributed by atoms with Gasteiger partial charge in [0, 0.05) is 0 Å². The molecule has 0 aliphatic rings. The summed E-state index contributed by atoms with van der Waals surface area (Å²) in [6.07, 6.45) is -1.50. The van der Waals surface area contributed by atoms with Crippen LogP contribution in [0.1, 0.15) is 6.92 Å². The molecule has 0 heterocycles.